The van der Waals surface area contributed by atoms with Crippen molar-refractivity contribution in [1.82, 2.24) is 25.5 Å². The van der Waals surface area contributed by atoms with Crippen molar-refractivity contribution in [3.8, 4) is 5.69 Å². The Hall–Kier alpha value is -1.70. The highest BCUT2D eigenvalue weighted by Crippen LogP contribution is 2.40. The molecule has 0 unspecified atom stereocenters. The Balaban J connectivity index is 0.00000182. The Kier molecular flexibility index (Phi) is 5.56. The lowest BCUT2D eigenvalue weighted by Gasteiger charge is -2.10. The fourth-order valence-corrected chi connectivity index (χ4v) is 2.83. The number of nitrogens with zero attached hydrogens (tertiary/aromatic N) is 4. The highest BCUT2D eigenvalue weighted by Gasteiger charge is 2.30. The molecule has 2 fully saturated rings. The number of carbonyl (C=O) groups excluding carboxylic acids is 1. The molecule has 0 radical (unpaired) electrons. The van der Waals surface area contributed by atoms with Gasteiger partial charge in [0.1, 0.15) is 0 Å². The minimum absolute atomic E-state index is 0. The first-order valence-electron chi connectivity index (χ1n) is 8.29. The van der Waals surface area contributed by atoms with Crippen LogP contribution in [-0.4, -0.2) is 39.2 Å². The molecule has 2 aromatic rings. The van der Waals surface area contributed by atoms with Gasteiger partial charge in [-0.1, -0.05) is 11.6 Å². The summed E-state index contributed by atoms with van der Waals surface area (Å²) >= 11 is 6.31. The fourth-order valence-electron chi connectivity index (χ4n) is 2.63. The van der Waals surface area contributed by atoms with E-state index in [1.165, 1.54) is 12.8 Å². The minimum Gasteiger partial charge on any atom is -0.325 e. The number of halogens is 2. The Morgan fingerprint density at radius 3 is 2.80 bits per heavy atom. The van der Waals surface area contributed by atoms with Gasteiger partial charge in [0.05, 0.1) is 17.3 Å². The number of rotatable bonds is 7. The van der Waals surface area contributed by atoms with Gasteiger partial charge in [-0.15, -0.1) is 17.5 Å². The van der Waals surface area contributed by atoms with Crippen LogP contribution in [0.1, 0.15) is 37.4 Å². The number of hydrogen-bond donors (Lipinski definition) is 2. The number of benzene rings is 1. The van der Waals surface area contributed by atoms with E-state index in [-0.39, 0.29) is 18.3 Å². The number of nitrogens with one attached hydrogen (secondary N) is 2. The Bertz CT molecular complexity index is 757. The van der Waals surface area contributed by atoms with Crippen molar-refractivity contribution in [3.63, 3.8) is 0 Å². The Morgan fingerprint density at radius 2 is 2.08 bits per heavy atom. The molecular weight excluding hydrogens is 363 g/mol. The molecule has 2 saturated carbocycles. The third-order valence-corrected chi connectivity index (χ3v) is 4.63. The summed E-state index contributed by atoms with van der Waals surface area (Å²) in [5, 5.41) is 18.5. The van der Waals surface area contributed by atoms with Gasteiger partial charge >= 0.3 is 0 Å². The van der Waals surface area contributed by atoms with Gasteiger partial charge in [0, 0.05) is 11.6 Å². The zero-order valence-electron chi connectivity index (χ0n) is 13.6. The van der Waals surface area contributed by atoms with Gasteiger partial charge in [-0.25, -0.2) is 0 Å². The van der Waals surface area contributed by atoms with Gasteiger partial charge in [-0.3, -0.25) is 4.79 Å². The van der Waals surface area contributed by atoms with Crippen LogP contribution in [0.3, 0.4) is 0 Å². The molecule has 0 bridgehead atoms. The van der Waals surface area contributed by atoms with E-state index in [4.69, 9.17) is 11.6 Å². The molecule has 25 heavy (non-hydrogen) atoms. The van der Waals surface area contributed by atoms with Crippen molar-refractivity contribution in [2.24, 2.45) is 5.92 Å². The normalized spacial score (nSPS) is 16.4. The number of amides is 1. The summed E-state index contributed by atoms with van der Waals surface area (Å²) < 4.78 is 1.67. The highest BCUT2D eigenvalue weighted by atomic mass is 35.5. The third kappa shape index (κ3) is 4.48. The second-order valence-electron chi connectivity index (χ2n) is 6.51. The molecule has 2 aliphatic rings. The monoisotopic (exact) mass is 382 g/mol. The maximum Gasteiger partial charge on any atom is 0.238 e. The molecular formula is C16H20Cl2N6O. The van der Waals surface area contributed by atoms with Crippen LogP contribution in [0.2, 0.25) is 5.02 Å². The van der Waals surface area contributed by atoms with E-state index in [2.05, 4.69) is 26.2 Å². The lowest BCUT2D eigenvalue weighted by atomic mass is 10.2. The summed E-state index contributed by atoms with van der Waals surface area (Å²) in [4.78, 5) is 12.0. The zero-order valence-corrected chi connectivity index (χ0v) is 15.2. The van der Waals surface area contributed by atoms with Crippen molar-refractivity contribution in [2.75, 3.05) is 18.4 Å². The summed E-state index contributed by atoms with van der Waals surface area (Å²) in [6.07, 6.45) is 4.73. The lowest BCUT2D eigenvalue weighted by molar-refractivity contribution is -0.115. The standard InChI is InChI=1S/C16H19ClN6O.ClH/c17-13-6-5-12(19-15(24)9-18-8-10-1-2-10)7-14(13)23-16(11-3-4-11)20-21-22-23;/h5-7,10-11,18H,1-4,8-9H2,(H,19,24);1H. The first-order valence-corrected chi connectivity index (χ1v) is 8.67. The van der Waals surface area contributed by atoms with Crippen molar-refractivity contribution < 1.29 is 4.79 Å². The maximum absolute atomic E-state index is 12.0. The summed E-state index contributed by atoms with van der Waals surface area (Å²) in [7, 11) is 0. The summed E-state index contributed by atoms with van der Waals surface area (Å²) in [5.74, 6) is 1.91. The van der Waals surface area contributed by atoms with Crippen molar-refractivity contribution >= 4 is 35.6 Å². The van der Waals surface area contributed by atoms with Crippen LogP contribution in [0.15, 0.2) is 18.2 Å². The first kappa shape index (κ1) is 18.1. The van der Waals surface area contributed by atoms with E-state index < -0.39 is 0 Å². The van der Waals surface area contributed by atoms with Crippen LogP contribution < -0.4 is 10.6 Å². The van der Waals surface area contributed by atoms with Crippen LogP contribution in [-0.2, 0) is 4.79 Å². The predicted octanol–water partition coefficient (Wildman–Crippen LogP) is 2.55. The van der Waals surface area contributed by atoms with Gasteiger partial charge in [0.25, 0.3) is 0 Å². The number of anilines is 1. The predicted molar refractivity (Wildman–Crippen MR) is 97.6 cm³/mol. The van der Waals surface area contributed by atoms with Gasteiger partial charge in [0.2, 0.25) is 5.91 Å². The van der Waals surface area contributed by atoms with Crippen LogP contribution in [0.25, 0.3) is 5.69 Å². The summed E-state index contributed by atoms with van der Waals surface area (Å²) in [6, 6.07) is 5.34. The molecule has 1 heterocycles. The molecule has 1 aromatic heterocycles. The van der Waals surface area contributed by atoms with E-state index in [1.54, 1.807) is 16.8 Å². The molecule has 9 heteroatoms. The molecule has 1 amide bonds. The molecule has 2 aliphatic carbocycles. The van der Waals surface area contributed by atoms with Gasteiger partial charge < -0.3 is 10.6 Å². The number of carbonyl (C=O) groups is 1. The lowest BCUT2D eigenvalue weighted by Crippen LogP contribution is -2.29. The molecule has 1 aromatic carbocycles. The van der Waals surface area contributed by atoms with Gasteiger partial charge in [-0.05, 0) is 66.8 Å². The topological polar surface area (TPSA) is 84.7 Å². The summed E-state index contributed by atoms with van der Waals surface area (Å²) in [6.45, 7) is 1.22. The van der Waals surface area contributed by atoms with E-state index in [1.807, 2.05) is 6.07 Å². The van der Waals surface area contributed by atoms with Gasteiger partial charge in [-0.2, -0.15) is 4.68 Å². The molecule has 7 nitrogen and oxygen atoms in total. The highest BCUT2D eigenvalue weighted by molar-refractivity contribution is 6.32. The quantitative estimate of drug-likeness (QED) is 0.768. The Morgan fingerprint density at radius 1 is 1.28 bits per heavy atom. The maximum atomic E-state index is 12.0. The molecule has 4 rings (SSSR count). The third-order valence-electron chi connectivity index (χ3n) is 4.31. The van der Waals surface area contributed by atoms with Crippen molar-refractivity contribution in [3.05, 3.63) is 29.0 Å². The minimum atomic E-state index is -0.0666. The van der Waals surface area contributed by atoms with E-state index in [0.717, 1.165) is 31.1 Å². The smallest absolute Gasteiger partial charge is 0.238 e. The number of aromatic nitrogens is 4. The van der Waals surface area contributed by atoms with E-state index >= 15 is 0 Å². The average molecular weight is 383 g/mol. The largest absolute Gasteiger partial charge is 0.325 e. The second-order valence-corrected chi connectivity index (χ2v) is 6.92. The van der Waals surface area contributed by atoms with Crippen molar-refractivity contribution in [2.45, 2.75) is 31.6 Å². The fraction of sp³-hybridized carbons (Fsp3) is 0.500. The SMILES string of the molecule is Cl.O=C(CNCC1CC1)Nc1ccc(Cl)c(-n2nnnc2C2CC2)c1. The van der Waals surface area contributed by atoms with Crippen LogP contribution >= 0.6 is 24.0 Å². The molecule has 0 atom stereocenters. The first-order chi connectivity index (χ1) is 11.7. The van der Waals surface area contributed by atoms with Crippen LogP contribution in [0.5, 0.6) is 0 Å². The Labute approximate surface area is 156 Å². The van der Waals surface area contributed by atoms with Crippen molar-refractivity contribution in [1.29, 1.82) is 0 Å². The zero-order chi connectivity index (χ0) is 16.5. The summed E-state index contributed by atoms with van der Waals surface area (Å²) in [5.41, 5.74) is 1.37. The average Bonchev–Trinajstić information content (AvgIpc) is 3.50. The number of hydrogen-bond acceptors (Lipinski definition) is 5. The molecule has 0 spiro atoms. The molecule has 0 saturated heterocycles. The second kappa shape index (κ2) is 7.68. The van der Waals surface area contributed by atoms with Crippen LogP contribution in [0.4, 0.5) is 5.69 Å². The van der Waals surface area contributed by atoms with Gasteiger partial charge in [0.15, 0.2) is 5.82 Å². The molecule has 134 valence electrons. The van der Waals surface area contributed by atoms with Crippen LogP contribution in [0, 0.1) is 5.92 Å². The molecule has 0 aliphatic heterocycles. The number of tetrazole rings is 1. The molecule has 2 N–H and O–H groups in total. The van der Waals surface area contributed by atoms with E-state index in [9.17, 15) is 4.79 Å². The van der Waals surface area contributed by atoms with E-state index in [0.29, 0.717) is 28.9 Å².